The van der Waals surface area contributed by atoms with E-state index in [1.165, 1.54) is 5.56 Å². The van der Waals surface area contributed by atoms with E-state index in [4.69, 9.17) is 0 Å². The highest BCUT2D eigenvalue weighted by atomic mass is 32.2. The monoisotopic (exact) mass is 439 g/mol. The van der Waals surface area contributed by atoms with Crippen LogP contribution in [-0.4, -0.2) is 42.8 Å². The van der Waals surface area contributed by atoms with Crippen molar-refractivity contribution in [2.75, 3.05) is 19.6 Å². The highest BCUT2D eigenvalue weighted by Gasteiger charge is 2.26. The van der Waals surface area contributed by atoms with Crippen LogP contribution in [0.3, 0.4) is 0 Å². The molecule has 6 nitrogen and oxygen atoms in total. The number of aryl methyl sites for hydroxylation is 1. The minimum Gasteiger partial charge on any atom is -0.350 e. The van der Waals surface area contributed by atoms with Crippen LogP contribution >= 0.6 is 0 Å². The molecule has 1 saturated heterocycles. The van der Waals surface area contributed by atoms with Crippen LogP contribution in [0.15, 0.2) is 59.5 Å². The number of amides is 1. The number of sulfonamides is 1. The molecular weight excluding hydrogens is 410 g/mol. The number of nitrogens with one attached hydrogen (secondary N) is 1. The lowest BCUT2D eigenvalue weighted by Crippen LogP contribution is -2.35. The van der Waals surface area contributed by atoms with Crippen molar-refractivity contribution in [1.29, 1.82) is 0 Å². The van der Waals surface area contributed by atoms with Crippen molar-refractivity contribution in [3.63, 3.8) is 0 Å². The predicted octanol–water partition coefficient (Wildman–Crippen LogP) is 3.89. The zero-order chi connectivity index (χ0) is 22.0. The van der Waals surface area contributed by atoms with Gasteiger partial charge in [-0.05, 0) is 48.6 Å². The van der Waals surface area contributed by atoms with Gasteiger partial charge in [0.05, 0.1) is 4.90 Å². The predicted molar refractivity (Wildman–Crippen MR) is 123 cm³/mol. The number of benzene rings is 2. The molecule has 164 valence electrons. The van der Waals surface area contributed by atoms with Crippen molar-refractivity contribution in [1.82, 2.24) is 14.2 Å². The number of carbonyl (C=O) groups excluding carboxylic acids is 1. The maximum atomic E-state index is 13.0. The third-order valence-electron chi connectivity index (χ3n) is 6.14. The van der Waals surface area contributed by atoms with Gasteiger partial charge in [-0.1, -0.05) is 43.7 Å². The Balaban J connectivity index is 1.54. The number of fused-ring (bicyclic) bond motifs is 1. The first kappa shape index (κ1) is 21.6. The Morgan fingerprint density at radius 3 is 2.45 bits per heavy atom. The van der Waals surface area contributed by atoms with Gasteiger partial charge < -0.3 is 9.88 Å². The van der Waals surface area contributed by atoms with E-state index in [9.17, 15) is 13.2 Å². The van der Waals surface area contributed by atoms with Crippen LogP contribution in [0.2, 0.25) is 0 Å². The van der Waals surface area contributed by atoms with Gasteiger partial charge in [0.2, 0.25) is 10.0 Å². The summed E-state index contributed by atoms with van der Waals surface area (Å²) in [6.45, 7) is 3.75. The lowest BCUT2D eigenvalue weighted by Gasteiger charge is -2.25. The summed E-state index contributed by atoms with van der Waals surface area (Å²) in [4.78, 5) is 13.1. The molecule has 1 aromatic heterocycles. The molecule has 3 aromatic rings. The Bertz CT molecular complexity index is 1180. The molecule has 1 aliphatic rings. The number of hydrogen-bond acceptors (Lipinski definition) is 3. The second kappa shape index (κ2) is 8.85. The summed E-state index contributed by atoms with van der Waals surface area (Å²) in [7, 11) is -1.68. The van der Waals surface area contributed by atoms with Crippen LogP contribution in [-0.2, 0) is 17.1 Å². The molecule has 1 atom stereocenters. The van der Waals surface area contributed by atoms with Gasteiger partial charge >= 0.3 is 0 Å². The quantitative estimate of drug-likeness (QED) is 0.633. The number of nitrogens with zero attached hydrogens (tertiary/aromatic N) is 2. The van der Waals surface area contributed by atoms with E-state index in [2.05, 4.69) is 24.4 Å². The second-order valence-electron chi connectivity index (χ2n) is 8.30. The zero-order valence-corrected chi connectivity index (χ0v) is 18.9. The summed E-state index contributed by atoms with van der Waals surface area (Å²) in [6.07, 6.45) is 2.88. The van der Waals surface area contributed by atoms with Crippen molar-refractivity contribution in [2.45, 2.75) is 37.0 Å². The molecule has 1 aliphatic heterocycles. The summed E-state index contributed by atoms with van der Waals surface area (Å²) in [5.41, 5.74) is 2.52. The molecule has 0 saturated carbocycles. The number of hydrogen-bond donors (Lipinski definition) is 1. The highest BCUT2D eigenvalue weighted by Crippen LogP contribution is 2.26. The third-order valence-corrected chi connectivity index (χ3v) is 8.03. The van der Waals surface area contributed by atoms with E-state index in [0.717, 1.165) is 30.2 Å². The first-order valence-corrected chi connectivity index (χ1v) is 12.2. The van der Waals surface area contributed by atoms with Gasteiger partial charge in [-0.2, -0.15) is 4.31 Å². The molecule has 0 bridgehead atoms. The Labute approximate surface area is 183 Å². The van der Waals surface area contributed by atoms with Crippen LogP contribution in [0.4, 0.5) is 0 Å². The molecule has 0 spiro atoms. The van der Waals surface area contributed by atoms with Crippen molar-refractivity contribution in [3.05, 3.63) is 65.9 Å². The van der Waals surface area contributed by atoms with Crippen molar-refractivity contribution in [2.24, 2.45) is 7.05 Å². The summed E-state index contributed by atoms with van der Waals surface area (Å²) < 4.78 is 29.4. The van der Waals surface area contributed by atoms with Crippen LogP contribution in [0.1, 0.15) is 48.2 Å². The highest BCUT2D eigenvalue weighted by molar-refractivity contribution is 7.89. The van der Waals surface area contributed by atoms with Gasteiger partial charge in [0, 0.05) is 37.6 Å². The molecule has 0 aliphatic carbocycles. The van der Waals surface area contributed by atoms with Gasteiger partial charge in [-0.3, -0.25) is 4.79 Å². The number of rotatable bonds is 6. The smallest absolute Gasteiger partial charge is 0.267 e. The summed E-state index contributed by atoms with van der Waals surface area (Å²) in [5, 5.41) is 3.76. The third kappa shape index (κ3) is 4.38. The first-order chi connectivity index (χ1) is 14.9. The topological polar surface area (TPSA) is 71.4 Å². The minimum atomic E-state index is -3.51. The molecule has 1 N–H and O–H groups in total. The van der Waals surface area contributed by atoms with Crippen LogP contribution in [0, 0.1) is 0 Å². The molecule has 2 heterocycles. The maximum absolute atomic E-state index is 13.0. The van der Waals surface area contributed by atoms with Crippen molar-refractivity contribution < 1.29 is 13.2 Å². The lowest BCUT2D eigenvalue weighted by molar-refractivity contribution is 0.0944. The molecule has 31 heavy (non-hydrogen) atoms. The average Bonchev–Trinajstić information content (AvgIpc) is 3.14. The summed E-state index contributed by atoms with van der Waals surface area (Å²) in [5.74, 6) is 0.0306. The summed E-state index contributed by atoms with van der Waals surface area (Å²) >= 11 is 0. The van der Waals surface area contributed by atoms with E-state index in [1.54, 1.807) is 28.6 Å². The van der Waals surface area contributed by atoms with Crippen molar-refractivity contribution in [3.8, 4) is 0 Å². The van der Waals surface area contributed by atoms with E-state index in [1.807, 2.05) is 29.8 Å². The second-order valence-corrected chi connectivity index (χ2v) is 10.2. The molecule has 1 fully saturated rings. The minimum absolute atomic E-state index is 0.165. The van der Waals surface area contributed by atoms with Crippen molar-refractivity contribution >= 4 is 26.8 Å². The molecule has 0 radical (unpaired) electrons. The maximum Gasteiger partial charge on any atom is 0.267 e. The van der Waals surface area contributed by atoms with E-state index in [-0.39, 0.29) is 16.7 Å². The van der Waals surface area contributed by atoms with Crippen LogP contribution in [0.5, 0.6) is 0 Å². The fourth-order valence-corrected chi connectivity index (χ4v) is 5.75. The van der Waals surface area contributed by atoms with E-state index in [0.29, 0.717) is 25.3 Å². The zero-order valence-electron chi connectivity index (χ0n) is 18.0. The fourth-order valence-electron chi connectivity index (χ4n) is 4.20. The van der Waals surface area contributed by atoms with E-state index < -0.39 is 10.0 Å². The molecular formula is C24H29N3O3S. The molecule has 0 unspecified atom stereocenters. The fraction of sp³-hybridized carbons (Fsp3) is 0.375. The van der Waals surface area contributed by atoms with Gasteiger partial charge in [0.25, 0.3) is 5.91 Å². The largest absolute Gasteiger partial charge is 0.350 e. The molecule has 1 amide bonds. The Kier molecular flexibility index (Phi) is 6.16. The molecule has 7 heteroatoms. The van der Waals surface area contributed by atoms with Gasteiger partial charge in [0.1, 0.15) is 5.69 Å². The Hall–Kier alpha value is -2.64. The van der Waals surface area contributed by atoms with Gasteiger partial charge in [-0.25, -0.2) is 8.42 Å². The van der Waals surface area contributed by atoms with Crippen LogP contribution in [0.25, 0.3) is 10.9 Å². The Morgan fingerprint density at radius 1 is 1.03 bits per heavy atom. The molecule has 2 aromatic carbocycles. The SMILES string of the molecule is C[C@H](CNC(=O)c1cc2cc(S(=O)(=O)N3CCCCC3)ccc2n1C)c1ccccc1. The average molecular weight is 440 g/mol. The van der Waals surface area contributed by atoms with Gasteiger partial charge in [-0.15, -0.1) is 0 Å². The standard InChI is InChI=1S/C24H29N3O3S/c1-18(19-9-5-3-6-10-19)17-25-24(28)23-16-20-15-21(11-12-22(20)26(23)2)31(29,30)27-13-7-4-8-14-27/h3,5-6,9-12,15-16,18H,4,7-8,13-14,17H2,1-2H3,(H,25,28)/t18-/m1/s1. The molecule has 4 rings (SSSR count). The number of piperidine rings is 1. The van der Waals surface area contributed by atoms with Crippen LogP contribution < -0.4 is 5.32 Å². The van der Waals surface area contributed by atoms with Gasteiger partial charge in [0.15, 0.2) is 0 Å². The Morgan fingerprint density at radius 2 is 1.74 bits per heavy atom. The van der Waals surface area contributed by atoms with E-state index >= 15 is 0 Å². The number of aromatic nitrogens is 1. The first-order valence-electron chi connectivity index (χ1n) is 10.8. The summed E-state index contributed by atoms with van der Waals surface area (Å²) in [6, 6.07) is 17.0. The number of carbonyl (C=O) groups is 1. The normalized spacial score (nSPS) is 16.3. The lowest BCUT2D eigenvalue weighted by atomic mass is 10.0.